The van der Waals surface area contributed by atoms with Crippen LogP contribution in [-0.2, 0) is 18.4 Å². The van der Waals surface area contributed by atoms with Crippen LogP contribution in [0.4, 0.5) is 0 Å². The first-order valence-corrected chi connectivity index (χ1v) is 17.1. The number of likely N-dealkylation sites (tertiary alicyclic amines) is 1. The van der Waals surface area contributed by atoms with Crippen molar-refractivity contribution in [2.45, 2.75) is 77.4 Å². The predicted molar refractivity (Wildman–Crippen MR) is 186 cm³/mol. The fourth-order valence-electron chi connectivity index (χ4n) is 5.98. The van der Waals surface area contributed by atoms with E-state index in [0.717, 1.165) is 48.6 Å². The zero-order valence-electron chi connectivity index (χ0n) is 27.6. The van der Waals surface area contributed by atoms with Gasteiger partial charge in [-0.15, -0.1) is 11.3 Å². The van der Waals surface area contributed by atoms with Gasteiger partial charge in [0, 0.05) is 41.3 Å². The number of hydrogen-bond acceptors (Lipinski definition) is 6. The zero-order valence-corrected chi connectivity index (χ0v) is 28.5. The van der Waals surface area contributed by atoms with Crippen molar-refractivity contribution in [2.24, 2.45) is 0 Å². The Hall–Kier alpha value is -4.01. The molecule has 2 amide bonds. The SMILES string of the molecule is COc1cc(C(=O)N[C@H](CCNCc2cccc(C(C)(C)C)c2)Cc2ccccc2)cc(C(=O)N2CCC[C@@H]2c2nc(C)cs2)c1. The van der Waals surface area contributed by atoms with Crippen molar-refractivity contribution in [1.29, 1.82) is 0 Å². The van der Waals surface area contributed by atoms with Crippen LogP contribution in [0, 0.1) is 6.92 Å². The third-order valence-corrected chi connectivity index (χ3v) is 9.60. The highest BCUT2D eigenvalue weighted by Gasteiger charge is 2.33. The highest BCUT2D eigenvalue weighted by atomic mass is 32.1. The maximum absolute atomic E-state index is 13.8. The molecule has 8 heteroatoms. The van der Waals surface area contributed by atoms with Gasteiger partial charge in [-0.2, -0.15) is 0 Å². The average molecular weight is 639 g/mol. The standard InChI is InChI=1S/C38H46N4O3S/c1-26-25-46-36(40-26)34-15-10-18-42(34)37(44)30-21-29(22-33(23-30)45-5)35(43)41-32(20-27-11-7-6-8-12-27)16-17-39-24-28-13-9-14-31(19-28)38(2,3)4/h6-9,11-14,19,21-23,25,32,34,39H,10,15-18,20,24H2,1-5H3,(H,41,43)/t32-,34-/m1/s1. The Morgan fingerprint density at radius 3 is 2.50 bits per heavy atom. The molecule has 0 aliphatic carbocycles. The number of hydrogen-bond donors (Lipinski definition) is 2. The third-order valence-electron chi connectivity index (χ3n) is 8.54. The van der Waals surface area contributed by atoms with E-state index in [4.69, 9.17) is 4.74 Å². The molecule has 1 aliphatic heterocycles. The lowest BCUT2D eigenvalue weighted by atomic mass is 9.86. The average Bonchev–Trinajstić information content (AvgIpc) is 3.72. The number of benzene rings is 3. The predicted octanol–water partition coefficient (Wildman–Crippen LogP) is 7.26. The summed E-state index contributed by atoms with van der Waals surface area (Å²) in [6.07, 6.45) is 3.25. The molecule has 1 aromatic heterocycles. The number of thiazole rings is 1. The number of methoxy groups -OCH3 is 1. The minimum absolute atomic E-state index is 0.0478. The summed E-state index contributed by atoms with van der Waals surface area (Å²) in [5.41, 5.74) is 5.64. The Morgan fingerprint density at radius 1 is 1.02 bits per heavy atom. The van der Waals surface area contributed by atoms with Crippen LogP contribution in [0.5, 0.6) is 5.75 Å². The molecule has 2 N–H and O–H groups in total. The third kappa shape index (κ3) is 8.62. The lowest BCUT2D eigenvalue weighted by Gasteiger charge is -2.24. The van der Waals surface area contributed by atoms with E-state index in [9.17, 15) is 9.59 Å². The maximum atomic E-state index is 13.8. The lowest BCUT2D eigenvalue weighted by molar-refractivity contribution is 0.0735. The summed E-state index contributed by atoms with van der Waals surface area (Å²) in [5.74, 6) is 0.153. The number of aromatic nitrogens is 1. The number of aryl methyl sites for hydroxylation is 1. The van der Waals surface area contributed by atoms with Gasteiger partial charge in [0.1, 0.15) is 10.8 Å². The molecule has 242 valence electrons. The Kier molecular flexibility index (Phi) is 10.9. The van der Waals surface area contributed by atoms with Crippen molar-refractivity contribution in [2.75, 3.05) is 20.2 Å². The van der Waals surface area contributed by atoms with Gasteiger partial charge in [0.2, 0.25) is 0 Å². The van der Waals surface area contributed by atoms with Crippen LogP contribution < -0.4 is 15.4 Å². The lowest BCUT2D eigenvalue weighted by Crippen LogP contribution is -2.38. The zero-order chi connectivity index (χ0) is 32.7. The second-order valence-corrected chi connectivity index (χ2v) is 14.1. The number of ether oxygens (including phenoxy) is 1. The van der Waals surface area contributed by atoms with E-state index < -0.39 is 0 Å². The van der Waals surface area contributed by atoms with Crippen LogP contribution in [0.2, 0.25) is 0 Å². The van der Waals surface area contributed by atoms with E-state index in [1.165, 1.54) is 11.1 Å². The quantitative estimate of drug-likeness (QED) is 0.160. The molecular formula is C38H46N4O3S. The van der Waals surface area contributed by atoms with Crippen molar-refractivity contribution in [3.05, 3.63) is 117 Å². The summed E-state index contributed by atoms with van der Waals surface area (Å²) in [4.78, 5) is 34.1. The number of amides is 2. The van der Waals surface area contributed by atoms with Gasteiger partial charge in [0.05, 0.1) is 13.2 Å². The molecule has 1 saturated heterocycles. The first-order chi connectivity index (χ1) is 22.1. The van der Waals surface area contributed by atoms with Crippen LogP contribution in [0.25, 0.3) is 0 Å². The molecule has 1 aliphatic rings. The summed E-state index contributed by atoms with van der Waals surface area (Å²) in [6, 6.07) is 23.9. The number of carbonyl (C=O) groups is 2. The Balaban J connectivity index is 1.28. The first-order valence-electron chi connectivity index (χ1n) is 16.2. The molecule has 4 aromatic rings. The molecule has 3 aromatic carbocycles. The molecular weight excluding hydrogens is 593 g/mol. The van der Waals surface area contributed by atoms with Crippen LogP contribution in [-0.4, -0.2) is 47.9 Å². The topological polar surface area (TPSA) is 83.6 Å². The Morgan fingerprint density at radius 2 is 1.78 bits per heavy atom. The summed E-state index contributed by atoms with van der Waals surface area (Å²) in [6.45, 7) is 10.8. The highest BCUT2D eigenvalue weighted by molar-refractivity contribution is 7.09. The minimum atomic E-state index is -0.222. The van der Waals surface area contributed by atoms with E-state index in [-0.39, 0.29) is 29.3 Å². The van der Waals surface area contributed by atoms with Gasteiger partial charge in [0.25, 0.3) is 11.8 Å². The molecule has 2 atom stereocenters. The van der Waals surface area contributed by atoms with Gasteiger partial charge in [-0.3, -0.25) is 9.59 Å². The fourth-order valence-corrected chi connectivity index (χ4v) is 6.92. The van der Waals surface area contributed by atoms with Gasteiger partial charge in [-0.25, -0.2) is 4.98 Å². The summed E-state index contributed by atoms with van der Waals surface area (Å²) >= 11 is 1.60. The summed E-state index contributed by atoms with van der Waals surface area (Å²) in [7, 11) is 1.56. The van der Waals surface area contributed by atoms with Crippen LogP contribution >= 0.6 is 11.3 Å². The molecule has 0 saturated carbocycles. The van der Waals surface area contributed by atoms with E-state index in [1.54, 1.807) is 36.6 Å². The molecule has 0 spiro atoms. The van der Waals surface area contributed by atoms with E-state index in [1.807, 2.05) is 35.4 Å². The van der Waals surface area contributed by atoms with Crippen LogP contribution in [0.15, 0.2) is 78.2 Å². The van der Waals surface area contributed by atoms with E-state index >= 15 is 0 Å². The first kappa shape index (κ1) is 33.4. The summed E-state index contributed by atoms with van der Waals surface area (Å²) < 4.78 is 5.55. The van der Waals surface area contributed by atoms with Gasteiger partial charge >= 0.3 is 0 Å². The molecule has 2 heterocycles. The largest absolute Gasteiger partial charge is 0.497 e. The number of nitrogens with zero attached hydrogens (tertiary/aromatic N) is 2. The normalized spacial score (nSPS) is 15.5. The van der Waals surface area contributed by atoms with Crippen molar-refractivity contribution in [1.82, 2.24) is 20.5 Å². The minimum Gasteiger partial charge on any atom is -0.497 e. The van der Waals surface area contributed by atoms with Crippen molar-refractivity contribution >= 4 is 23.2 Å². The number of carbonyl (C=O) groups excluding carboxylic acids is 2. The maximum Gasteiger partial charge on any atom is 0.254 e. The Labute approximate surface area is 277 Å². The highest BCUT2D eigenvalue weighted by Crippen LogP contribution is 2.35. The smallest absolute Gasteiger partial charge is 0.254 e. The van der Waals surface area contributed by atoms with Gasteiger partial charge in [-0.05, 0) is 79.5 Å². The van der Waals surface area contributed by atoms with Crippen molar-refractivity contribution in [3.63, 3.8) is 0 Å². The van der Waals surface area contributed by atoms with Crippen LogP contribution in [0.3, 0.4) is 0 Å². The molecule has 7 nitrogen and oxygen atoms in total. The molecule has 0 bridgehead atoms. The molecule has 0 unspecified atom stereocenters. The second-order valence-electron chi connectivity index (χ2n) is 13.2. The van der Waals surface area contributed by atoms with Gasteiger partial charge < -0.3 is 20.3 Å². The molecule has 46 heavy (non-hydrogen) atoms. The van der Waals surface area contributed by atoms with Gasteiger partial charge in [0.15, 0.2) is 0 Å². The molecule has 1 fully saturated rings. The number of rotatable bonds is 12. The molecule has 5 rings (SSSR count). The van der Waals surface area contributed by atoms with Crippen LogP contribution in [0.1, 0.15) is 94.2 Å². The van der Waals surface area contributed by atoms with E-state index in [2.05, 4.69) is 72.8 Å². The van der Waals surface area contributed by atoms with Crippen molar-refractivity contribution in [3.8, 4) is 5.75 Å². The van der Waals surface area contributed by atoms with Gasteiger partial charge in [-0.1, -0.05) is 75.4 Å². The second kappa shape index (κ2) is 15.1. The summed E-state index contributed by atoms with van der Waals surface area (Å²) in [5, 5.41) is 9.83. The Bertz CT molecular complexity index is 1630. The number of nitrogens with one attached hydrogen (secondary N) is 2. The monoisotopic (exact) mass is 638 g/mol. The van der Waals surface area contributed by atoms with E-state index in [0.29, 0.717) is 29.8 Å². The van der Waals surface area contributed by atoms with Crippen molar-refractivity contribution < 1.29 is 14.3 Å². The molecule has 0 radical (unpaired) electrons. The fraction of sp³-hybridized carbons (Fsp3) is 0.395.